The molecule has 9 heteroatoms. The fourth-order valence-corrected chi connectivity index (χ4v) is 3.96. The predicted molar refractivity (Wildman–Crippen MR) is 120 cm³/mol. The van der Waals surface area contributed by atoms with Crippen LogP contribution in [0.1, 0.15) is 34.2 Å². The summed E-state index contributed by atoms with van der Waals surface area (Å²) >= 11 is 3.36. The number of hydrogen-bond donors (Lipinski definition) is 0. The molecule has 3 aromatic rings. The van der Waals surface area contributed by atoms with E-state index in [1.54, 1.807) is 25.4 Å². The molecule has 0 spiro atoms. The number of fused-ring (bicyclic) bond motifs is 1. The predicted octanol–water partition coefficient (Wildman–Crippen LogP) is 3.32. The summed E-state index contributed by atoms with van der Waals surface area (Å²) in [5.74, 6) is -0.0606. The number of para-hydroxylation sites is 2. The topological polar surface area (TPSA) is 88.5 Å². The van der Waals surface area contributed by atoms with Gasteiger partial charge in [-0.3, -0.25) is 9.78 Å². The van der Waals surface area contributed by atoms with Crippen LogP contribution in [0.3, 0.4) is 0 Å². The minimum Gasteiger partial charge on any atom is -0.461 e. The monoisotopic (exact) mass is 483 g/mol. The fraction of sp³-hybridized carbons (Fsp3) is 0.318. The molecule has 0 N–H and O–H groups in total. The molecular weight excluding hydrogens is 462 g/mol. The van der Waals surface area contributed by atoms with Crippen molar-refractivity contribution in [2.24, 2.45) is 0 Å². The Balaban J connectivity index is 1.60. The number of halogens is 1. The second-order valence-corrected chi connectivity index (χ2v) is 8.05. The van der Waals surface area contributed by atoms with Crippen LogP contribution >= 0.6 is 15.9 Å². The van der Waals surface area contributed by atoms with Crippen molar-refractivity contribution >= 4 is 44.7 Å². The average molecular weight is 484 g/mol. The van der Waals surface area contributed by atoms with E-state index in [2.05, 4.69) is 25.9 Å². The summed E-state index contributed by atoms with van der Waals surface area (Å²) in [7, 11) is 0. The molecule has 4 rings (SSSR count). The minimum atomic E-state index is -0.492. The molecule has 1 aliphatic rings. The Bertz CT molecular complexity index is 1120. The van der Waals surface area contributed by atoms with Gasteiger partial charge in [-0.15, -0.1) is 0 Å². The van der Waals surface area contributed by atoms with E-state index in [9.17, 15) is 9.59 Å². The highest BCUT2D eigenvalue weighted by Crippen LogP contribution is 2.23. The van der Waals surface area contributed by atoms with E-state index < -0.39 is 5.97 Å². The van der Waals surface area contributed by atoms with Crippen LogP contribution < -0.4 is 4.90 Å². The Hall–Kier alpha value is -3.07. The maximum absolute atomic E-state index is 12.9. The van der Waals surface area contributed by atoms with E-state index >= 15 is 0 Å². The lowest BCUT2D eigenvalue weighted by Crippen LogP contribution is -2.36. The third-order valence-corrected chi connectivity index (χ3v) is 5.49. The molecule has 0 unspecified atom stereocenters. The molecule has 0 atom stereocenters. The second-order valence-electron chi connectivity index (χ2n) is 7.13. The van der Waals surface area contributed by atoms with Crippen molar-refractivity contribution in [3.05, 3.63) is 58.5 Å². The van der Waals surface area contributed by atoms with E-state index in [4.69, 9.17) is 9.72 Å². The number of hydrogen-bond acceptors (Lipinski definition) is 7. The highest BCUT2D eigenvalue weighted by atomic mass is 79.9. The number of ether oxygens (including phenoxy) is 1. The highest BCUT2D eigenvalue weighted by molar-refractivity contribution is 9.10. The fourth-order valence-electron chi connectivity index (χ4n) is 3.59. The minimum absolute atomic E-state index is 0.0640. The van der Waals surface area contributed by atoms with Gasteiger partial charge in [-0.1, -0.05) is 12.1 Å². The molecule has 8 nitrogen and oxygen atoms in total. The quantitative estimate of drug-likeness (QED) is 0.525. The average Bonchev–Trinajstić information content (AvgIpc) is 3.04. The lowest BCUT2D eigenvalue weighted by Gasteiger charge is -2.24. The zero-order valence-corrected chi connectivity index (χ0v) is 18.7. The molecule has 1 aromatic carbocycles. The number of anilines is 1. The Morgan fingerprint density at radius 3 is 2.58 bits per heavy atom. The van der Waals surface area contributed by atoms with Crippen LogP contribution in [0.2, 0.25) is 0 Å². The first-order valence-corrected chi connectivity index (χ1v) is 10.9. The molecule has 1 aliphatic heterocycles. The lowest BCUT2D eigenvalue weighted by molar-refractivity contribution is 0.0520. The normalized spacial score (nSPS) is 14.4. The van der Waals surface area contributed by atoms with Gasteiger partial charge in [0.1, 0.15) is 0 Å². The van der Waals surface area contributed by atoms with Crippen molar-refractivity contribution in [3.63, 3.8) is 0 Å². The first-order valence-electron chi connectivity index (χ1n) is 10.2. The van der Waals surface area contributed by atoms with E-state index in [-0.39, 0.29) is 18.2 Å². The molecule has 2 aromatic heterocycles. The van der Waals surface area contributed by atoms with Crippen molar-refractivity contribution in [2.45, 2.75) is 13.3 Å². The van der Waals surface area contributed by atoms with Crippen LogP contribution in [-0.4, -0.2) is 64.5 Å². The van der Waals surface area contributed by atoms with Gasteiger partial charge in [0.05, 0.1) is 23.2 Å². The summed E-state index contributed by atoms with van der Waals surface area (Å²) in [6, 6.07) is 9.21. The summed E-state index contributed by atoms with van der Waals surface area (Å²) in [4.78, 5) is 42.7. The van der Waals surface area contributed by atoms with E-state index in [0.29, 0.717) is 48.6 Å². The molecule has 1 saturated heterocycles. The number of rotatable bonds is 4. The zero-order valence-electron chi connectivity index (χ0n) is 17.1. The number of nitrogens with zero attached hydrogens (tertiary/aromatic N) is 5. The van der Waals surface area contributed by atoms with Gasteiger partial charge in [-0.05, 0) is 47.5 Å². The van der Waals surface area contributed by atoms with Crippen molar-refractivity contribution in [1.29, 1.82) is 0 Å². The molecule has 0 radical (unpaired) electrons. The van der Waals surface area contributed by atoms with Crippen LogP contribution in [-0.2, 0) is 4.74 Å². The van der Waals surface area contributed by atoms with E-state index in [1.165, 1.54) is 0 Å². The van der Waals surface area contributed by atoms with Gasteiger partial charge < -0.3 is 14.5 Å². The van der Waals surface area contributed by atoms with Crippen LogP contribution in [0.25, 0.3) is 11.0 Å². The molecule has 1 amide bonds. The molecule has 0 aliphatic carbocycles. The summed E-state index contributed by atoms with van der Waals surface area (Å²) in [6.07, 6.45) is 3.96. The summed E-state index contributed by atoms with van der Waals surface area (Å²) < 4.78 is 5.99. The number of amides is 1. The third-order valence-electron chi connectivity index (χ3n) is 5.06. The number of esters is 1. The highest BCUT2D eigenvalue weighted by Gasteiger charge is 2.26. The van der Waals surface area contributed by atoms with Crippen molar-refractivity contribution in [1.82, 2.24) is 19.9 Å². The van der Waals surface area contributed by atoms with E-state index in [0.717, 1.165) is 10.9 Å². The molecule has 160 valence electrons. The van der Waals surface area contributed by atoms with Gasteiger partial charge in [0.25, 0.3) is 5.91 Å². The molecule has 0 saturated carbocycles. The van der Waals surface area contributed by atoms with E-state index in [1.807, 2.05) is 34.1 Å². The number of pyridine rings is 1. The summed E-state index contributed by atoms with van der Waals surface area (Å²) in [5.41, 5.74) is 2.10. The summed E-state index contributed by atoms with van der Waals surface area (Å²) in [6.45, 7) is 4.32. The van der Waals surface area contributed by atoms with Gasteiger partial charge in [-0.25, -0.2) is 14.8 Å². The first kappa shape index (κ1) is 21.2. The SMILES string of the molecule is CCOC(=O)c1nc2ccccc2nc1N1CCCN(C(=O)c2cncc(Br)c2)CC1. The Labute approximate surface area is 188 Å². The maximum Gasteiger partial charge on any atom is 0.360 e. The van der Waals surface area contributed by atoms with Crippen LogP contribution in [0, 0.1) is 0 Å². The molecule has 0 bridgehead atoms. The molecule has 1 fully saturated rings. The first-order chi connectivity index (χ1) is 15.1. The lowest BCUT2D eigenvalue weighted by atomic mass is 10.2. The number of carbonyl (C=O) groups is 2. The van der Waals surface area contributed by atoms with Crippen molar-refractivity contribution in [2.75, 3.05) is 37.7 Å². The number of benzene rings is 1. The molecule has 3 heterocycles. The van der Waals surface area contributed by atoms with Gasteiger partial charge in [0.2, 0.25) is 0 Å². The van der Waals surface area contributed by atoms with Crippen molar-refractivity contribution in [3.8, 4) is 0 Å². The Morgan fingerprint density at radius 1 is 1.06 bits per heavy atom. The van der Waals surface area contributed by atoms with Gasteiger partial charge >= 0.3 is 5.97 Å². The number of aromatic nitrogens is 3. The summed E-state index contributed by atoms with van der Waals surface area (Å²) in [5, 5.41) is 0. The van der Waals surface area contributed by atoms with Gasteiger partial charge in [0.15, 0.2) is 11.5 Å². The number of carbonyl (C=O) groups excluding carboxylic acids is 2. The molecule has 31 heavy (non-hydrogen) atoms. The van der Waals surface area contributed by atoms with Crippen molar-refractivity contribution < 1.29 is 14.3 Å². The Kier molecular flexibility index (Phi) is 6.41. The largest absolute Gasteiger partial charge is 0.461 e. The van der Waals surface area contributed by atoms with Gasteiger partial charge in [0, 0.05) is 43.0 Å². The third kappa shape index (κ3) is 4.66. The Morgan fingerprint density at radius 2 is 1.84 bits per heavy atom. The standard InChI is InChI=1S/C22H22BrN5O3/c1-2-31-22(30)19-20(26-18-7-4-3-6-17(18)25-19)27-8-5-9-28(11-10-27)21(29)15-12-16(23)14-24-13-15/h3-4,6-7,12-14H,2,5,8-11H2,1H3. The van der Waals surface area contributed by atoms with Crippen LogP contribution in [0.4, 0.5) is 5.82 Å². The maximum atomic E-state index is 12.9. The van der Waals surface area contributed by atoms with Gasteiger partial charge in [-0.2, -0.15) is 0 Å². The zero-order chi connectivity index (χ0) is 21.8. The second kappa shape index (κ2) is 9.38. The van der Waals surface area contributed by atoms with Crippen LogP contribution in [0.5, 0.6) is 0 Å². The smallest absolute Gasteiger partial charge is 0.360 e. The van der Waals surface area contributed by atoms with Crippen LogP contribution in [0.15, 0.2) is 47.2 Å². The molecular formula is C22H22BrN5O3.